The summed E-state index contributed by atoms with van der Waals surface area (Å²) in [4.78, 5) is 38.0. The van der Waals surface area contributed by atoms with Gasteiger partial charge in [0.2, 0.25) is 0 Å². The number of hydrogen-bond acceptors (Lipinski definition) is 6. The maximum Gasteiger partial charge on any atom is 0.382 e. The Morgan fingerprint density at radius 3 is 2.18 bits per heavy atom. The number of nitro groups is 1. The van der Waals surface area contributed by atoms with Gasteiger partial charge in [-0.15, -0.1) is 0 Å². The maximum atomic E-state index is 12.7. The largest absolute Gasteiger partial charge is 0.461 e. The van der Waals surface area contributed by atoms with Crippen LogP contribution in [0, 0.1) is 10.1 Å². The minimum absolute atomic E-state index is 0.0299. The smallest absolute Gasteiger partial charge is 0.382 e. The lowest BCUT2D eigenvalue weighted by atomic mass is 9.85. The van der Waals surface area contributed by atoms with Gasteiger partial charge in [-0.1, -0.05) is 42.5 Å². The van der Waals surface area contributed by atoms with Crippen molar-refractivity contribution in [1.82, 2.24) is 0 Å². The van der Waals surface area contributed by atoms with Crippen molar-refractivity contribution in [3.63, 3.8) is 0 Å². The van der Waals surface area contributed by atoms with Crippen molar-refractivity contribution in [1.29, 1.82) is 0 Å². The van der Waals surface area contributed by atoms with Crippen molar-refractivity contribution in [3.05, 3.63) is 75.8 Å². The van der Waals surface area contributed by atoms with Crippen molar-refractivity contribution in [3.8, 4) is 0 Å². The molecule has 0 bridgehead atoms. The van der Waals surface area contributed by atoms with Crippen LogP contribution in [0.1, 0.15) is 35.2 Å². The maximum absolute atomic E-state index is 12.7. The summed E-state index contributed by atoms with van der Waals surface area (Å²) in [6.45, 7) is 1.62. The molecule has 0 saturated carbocycles. The normalized spacial score (nSPS) is 12.7. The molecule has 2 aromatic rings. The molecule has 0 amide bonds. The van der Waals surface area contributed by atoms with Crippen LogP contribution in [0.3, 0.4) is 0 Å². The van der Waals surface area contributed by atoms with Crippen molar-refractivity contribution >= 4 is 17.4 Å². The number of ketones is 1. The molecule has 0 spiro atoms. The van der Waals surface area contributed by atoms with E-state index in [1.165, 1.54) is 0 Å². The molecule has 7 heteroatoms. The number of ether oxygens (including phenoxy) is 1. The SMILES string of the molecule is CCOC(=O)C(C(CC(=O)c1ccccc1)c1ccc(N(C)C)cc1)[N+](=O)[O-]. The zero-order valence-electron chi connectivity index (χ0n) is 16.2. The highest BCUT2D eigenvalue weighted by atomic mass is 16.6. The molecule has 0 heterocycles. The van der Waals surface area contributed by atoms with Crippen molar-refractivity contribution in [2.75, 3.05) is 25.6 Å². The molecule has 0 aliphatic rings. The molecule has 0 aliphatic carbocycles. The number of benzene rings is 2. The average Bonchev–Trinajstić information content (AvgIpc) is 2.68. The summed E-state index contributed by atoms with van der Waals surface area (Å²) in [7, 11) is 3.76. The van der Waals surface area contributed by atoms with Gasteiger partial charge in [-0.25, -0.2) is 4.79 Å². The van der Waals surface area contributed by atoms with Crippen LogP contribution in [0.25, 0.3) is 0 Å². The third kappa shape index (κ3) is 5.16. The van der Waals surface area contributed by atoms with Crippen LogP contribution in [0.4, 0.5) is 5.69 Å². The third-order valence-corrected chi connectivity index (χ3v) is 4.48. The molecular formula is C21H24N2O5. The second-order valence-corrected chi connectivity index (χ2v) is 6.57. The van der Waals surface area contributed by atoms with E-state index in [0.29, 0.717) is 11.1 Å². The summed E-state index contributed by atoms with van der Waals surface area (Å²) >= 11 is 0. The van der Waals surface area contributed by atoms with E-state index in [1.54, 1.807) is 61.5 Å². The van der Waals surface area contributed by atoms with Gasteiger partial charge in [-0.05, 0) is 24.6 Å². The predicted octanol–water partition coefficient (Wildman–Crippen LogP) is 3.32. The number of nitrogens with zero attached hydrogens (tertiary/aromatic N) is 2. The van der Waals surface area contributed by atoms with Crippen LogP contribution in [0.2, 0.25) is 0 Å². The first-order valence-corrected chi connectivity index (χ1v) is 9.00. The molecule has 2 unspecified atom stereocenters. The Kier molecular flexibility index (Phi) is 7.26. The molecule has 0 saturated heterocycles. The molecule has 148 valence electrons. The van der Waals surface area contributed by atoms with E-state index in [9.17, 15) is 19.7 Å². The number of hydrogen-bond donors (Lipinski definition) is 0. The third-order valence-electron chi connectivity index (χ3n) is 4.48. The number of carbonyl (C=O) groups excluding carboxylic acids is 2. The van der Waals surface area contributed by atoms with Crippen LogP contribution in [0.15, 0.2) is 54.6 Å². The van der Waals surface area contributed by atoms with Crippen LogP contribution < -0.4 is 4.90 Å². The Morgan fingerprint density at radius 1 is 1.07 bits per heavy atom. The standard InChI is InChI=1S/C21H24N2O5/c1-4-28-21(25)20(23(26)27)18(14-19(24)16-8-6-5-7-9-16)15-10-12-17(13-11-15)22(2)3/h5-13,18,20H,4,14H2,1-3H3. The van der Waals surface area contributed by atoms with Gasteiger partial charge in [0.1, 0.15) is 0 Å². The molecule has 0 N–H and O–H groups in total. The van der Waals surface area contributed by atoms with E-state index in [-0.39, 0.29) is 18.8 Å². The lowest BCUT2D eigenvalue weighted by Crippen LogP contribution is -2.38. The lowest BCUT2D eigenvalue weighted by molar-refractivity contribution is -0.514. The predicted molar refractivity (Wildman–Crippen MR) is 106 cm³/mol. The summed E-state index contributed by atoms with van der Waals surface area (Å²) in [5.74, 6) is -2.13. The van der Waals surface area contributed by atoms with Crippen LogP contribution in [0.5, 0.6) is 0 Å². The highest BCUT2D eigenvalue weighted by molar-refractivity contribution is 5.97. The number of Topliss-reactive ketones (excluding diaryl/α,β-unsaturated/α-hetero) is 1. The molecule has 0 fully saturated rings. The van der Waals surface area contributed by atoms with E-state index in [0.717, 1.165) is 5.69 Å². The number of carbonyl (C=O) groups is 2. The van der Waals surface area contributed by atoms with Crippen molar-refractivity contribution in [2.45, 2.75) is 25.3 Å². The molecule has 2 atom stereocenters. The van der Waals surface area contributed by atoms with E-state index in [4.69, 9.17) is 4.74 Å². The topological polar surface area (TPSA) is 89.8 Å². The molecule has 2 rings (SSSR count). The van der Waals surface area contributed by atoms with E-state index in [1.807, 2.05) is 19.0 Å². The first-order chi connectivity index (χ1) is 13.3. The Balaban J connectivity index is 2.42. The minimum Gasteiger partial charge on any atom is -0.461 e. The minimum atomic E-state index is -1.65. The summed E-state index contributed by atoms with van der Waals surface area (Å²) in [5.41, 5.74) is 1.90. The Bertz CT molecular complexity index is 818. The summed E-state index contributed by atoms with van der Waals surface area (Å²) in [6.07, 6.45) is -0.171. The fraction of sp³-hybridized carbons (Fsp3) is 0.333. The number of rotatable bonds is 9. The first-order valence-electron chi connectivity index (χ1n) is 9.00. The van der Waals surface area contributed by atoms with Crippen molar-refractivity contribution in [2.24, 2.45) is 0 Å². The second kappa shape index (κ2) is 9.64. The molecule has 0 aliphatic heterocycles. The first kappa shape index (κ1) is 21.1. The highest BCUT2D eigenvalue weighted by Crippen LogP contribution is 2.29. The zero-order chi connectivity index (χ0) is 20.7. The van der Waals surface area contributed by atoms with E-state index < -0.39 is 22.9 Å². The van der Waals surface area contributed by atoms with Gasteiger partial charge >= 0.3 is 12.0 Å². The van der Waals surface area contributed by atoms with Crippen LogP contribution in [-0.4, -0.2) is 43.4 Å². The molecule has 2 aromatic carbocycles. The second-order valence-electron chi connectivity index (χ2n) is 6.57. The monoisotopic (exact) mass is 384 g/mol. The Morgan fingerprint density at radius 2 is 1.68 bits per heavy atom. The average molecular weight is 384 g/mol. The molecule has 0 aromatic heterocycles. The zero-order valence-corrected chi connectivity index (χ0v) is 16.2. The summed E-state index contributed by atoms with van der Waals surface area (Å²) in [6, 6.07) is 13.9. The fourth-order valence-corrected chi connectivity index (χ4v) is 3.00. The quantitative estimate of drug-likeness (QED) is 0.285. The van der Waals surface area contributed by atoms with Gasteiger partial charge in [-0.2, -0.15) is 0 Å². The van der Waals surface area contributed by atoms with Crippen molar-refractivity contribution < 1.29 is 19.2 Å². The van der Waals surface area contributed by atoms with Gasteiger partial charge < -0.3 is 9.64 Å². The van der Waals surface area contributed by atoms with Crippen LogP contribution >= 0.6 is 0 Å². The van der Waals surface area contributed by atoms with Gasteiger partial charge in [0.15, 0.2) is 5.78 Å². The van der Waals surface area contributed by atoms with E-state index >= 15 is 0 Å². The number of anilines is 1. The molecule has 28 heavy (non-hydrogen) atoms. The Hall–Kier alpha value is -3.22. The van der Waals surface area contributed by atoms with Gasteiger partial charge in [0, 0.05) is 36.7 Å². The van der Waals surface area contributed by atoms with Gasteiger partial charge in [0.05, 0.1) is 12.5 Å². The van der Waals surface area contributed by atoms with Gasteiger partial charge in [0.25, 0.3) is 0 Å². The number of esters is 1. The van der Waals surface area contributed by atoms with E-state index in [2.05, 4.69) is 0 Å². The van der Waals surface area contributed by atoms with Gasteiger partial charge in [-0.3, -0.25) is 14.9 Å². The summed E-state index contributed by atoms with van der Waals surface area (Å²) in [5, 5.41) is 11.7. The summed E-state index contributed by atoms with van der Waals surface area (Å²) < 4.78 is 4.92. The Labute approximate surface area is 164 Å². The van der Waals surface area contributed by atoms with Crippen LogP contribution in [-0.2, 0) is 9.53 Å². The molecule has 0 radical (unpaired) electrons. The lowest BCUT2D eigenvalue weighted by Gasteiger charge is -2.21. The molecular weight excluding hydrogens is 360 g/mol. The highest BCUT2D eigenvalue weighted by Gasteiger charge is 2.42. The fourth-order valence-electron chi connectivity index (χ4n) is 3.00. The molecule has 7 nitrogen and oxygen atoms in total.